The average Bonchev–Trinajstić information content (AvgIpc) is 3.30. The van der Waals surface area contributed by atoms with Gasteiger partial charge in [0.15, 0.2) is 6.10 Å². The number of carbonyl (C=O) groups excluding carboxylic acids is 3. The molecule has 0 spiro atoms. The molecule has 0 aliphatic carbocycles. The van der Waals surface area contributed by atoms with E-state index in [1.54, 1.807) is 0 Å². The minimum Gasteiger partial charge on any atom is -0.462 e. The van der Waals surface area contributed by atoms with Crippen LogP contribution in [0.15, 0.2) is 72.9 Å². The van der Waals surface area contributed by atoms with Crippen molar-refractivity contribution in [3.63, 3.8) is 0 Å². The number of carbonyl (C=O) groups is 3. The zero-order valence-electron chi connectivity index (χ0n) is 42.7. The van der Waals surface area contributed by atoms with E-state index in [0.29, 0.717) is 19.3 Å². The molecule has 0 heterocycles. The number of hydrogen-bond acceptors (Lipinski definition) is 6. The lowest BCUT2D eigenvalue weighted by molar-refractivity contribution is -0.167. The van der Waals surface area contributed by atoms with Gasteiger partial charge < -0.3 is 14.2 Å². The third-order valence-electron chi connectivity index (χ3n) is 11.7. The smallest absolute Gasteiger partial charge is 0.306 e. The van der Waals surface area contributed by atoms with E-state index in [0.717, 1.165) is 103 Å². The Morgan fingerprint density at radius 1 is 0.323 bits per heavy atom. The Bertz CT molecular complexity index is 1230. The van der Waals surface area contributed by atoms with E-state index in [1.165, 1.54) is 122 Å². The third kappa shape index (κ3) is 51.7. The van der Waals surface area contributed by atoms with E-state index in [2.05, 4.69) is 93.7 Å². The molecule has 1 atom stereocenters. The first kappa shape index (κ1) is 61.9. The monoisotopic (exact) mass is 907 g/mol. The van der Waals surface area contributed by atoms with E-state index in [9.17, 15) is 14.4 Å². The third-order valence-corrected chi connectivity index (χ3v) is 11.7. The van der Waals surface area contributed by atoms with Crippen LogP contribution in [-0.4, -0.2) is 37.2 Å². The summed E-state index contributed by atoms with van der Waals surface area (Å²) in [5.41, 5.74) is 0. The van der Waals surface area contributed by atoms with Crippen LogP contribution in [0.4, 0.5) is 0 Å². The Balaban J connectivity index is 3.81. The maximum absolute atomic E-state index is 12.6. The molecule has 0 bridgehead atoms. The SMILES string of the molecule is CC/C=C\C/C=C\C/C=C\C/C=C\C/C=C\C/C=C\CCCCCCCCCCCCCCCCCCC(=O)OCC(COC(=O)CCCCCCC)OC(=O)CCCCCCCCC. The van der Waals surface area contributed by atoms with Gasteiger partial charge in [-0.05, 0) is 70.6 Å². The molecule has 0 aromatic rings. The number of hydrogen-bond donors (Lipinski definition) is 0. The highest BCUT2D eigenvalue weighted by Gasteiger charge is 2.19. The summed E-state index contributed by atoms with van der Waals surface area (Å²) in [6.07, 6.45) is 68.4. The summed E-state index contributed by atoms with van der Waals surface area (Å²) in [5, 5.41) is 0. The molecule has 0 aliphatic rings. The first-order valence-corrected chi connectivity index (χ1v) is 27.4. The first-order chi connectivity index (χ1) is 32.0. The highest BCUT2D eigenvalue weighted by Crippen LogP contribution is 2.16. The largest absolute Gasteiger partial charge is 0.462 e. The minimum atomic E-state index is -0.763. The fourth-order valence-corrected chi connectivity index (χ4v) is 7.62. The quantitative estimate of drug-likeness (QED) is 0.0262. The van der Waals surface area contributed by atoms with E-state index < -0.39 is 6.10 Å². The summed E-state index contributed by atoms with van der Waals surface area (Å²) in [4.78, 5) is 37.4. The van der Waals surface area contributed by atoms with Crippen LogP contribution in [0.2, 0.25) is 0 Å². The van der Waals surface area contributed by atoms with Crippen LogP contribution in [0.3, 0.4) is 0 Å². The highest BCUT2D eigenvalue weighted by atomic mass is 16.6. The van der Waals surface area contributed by atoms with Gasteiger partial charge in [0.1, 0.15) is 13.2 Å². The molecule has 0 fully saturated rings. The molecule has 0 saturated carbocycles. The molecule has 1 unspecified atom stereocenters. The summed E-state index contributed by atoms with van der Waals surface area (Å²) in [6.45, 7) is 6.40. The van der Waals surface area contributed by atoms with Gasteiger partial charge in [-0.3, -0.25) is 14.4 Å². The Labute approximate surface area is 402 Å². The lowest BCUT2D eigenvalue weighted by Crippen LogP contribution is -2.30. The van der Waals surface area contributed by atoms with Crippen LogP contribution in [-0.2, 0) is 28.6 Å². The topological polar surface area (TPSA) is 78.9 Å². The Morgan fingerprint density at radius 3 is 0.938 bits per heavy atom. The summed E-state index contributed by atoms with van der Waals surface area (Å²) >= 11 is 0. The Morgan fingerprint density at radius 2 is 0.600 bits per heavy atom. The number of esters is 3. The minimum absolute atomic E-state index is 0.0717. The summed E-state index contributed by atoms with van der Waals surface area (Å²) in [6, 6.07) is 0. The van der Waals surface area contributed by atoms with Gasteiger partial charge in [0.2, 0.25) is 0 Å². The second-order valence-corrected chi connectivity index (χ2v) is 18.1. The number of unbranched alkanes of at least 4 members (excludes halogenated alkanes) is 26. The second-order valence-electron chi connectivity index (χ2n) is 18.1. The van der Waals surface area contributed by atoms with Crippen molar-refractivity contribution < 1.29 is 28.6 Å². The zero-order chi connectivity index (χ0) is 47.2. The highest BCUT2D eigenvalue weighted by molar-refractivity contribution is 5.71. The van der Waals surface area contributed by atoms with Gasteiger partial charge >= 0.3 is 17.9 Å². The Hall–Kier alpha value is -3.15. The van der Waals surface area contributed by atoms with Crippen LogP contribution in [0, 0.1) is 0 Å². The van der Waals surface area contributed by atoms with Crippen molar-refractivity contribution in [2.24, 2.45) is 0 Å². The van der Waals surface area contributed by atoms with Crippen molar-refractivity contribution in [3.05, 3.63) is 72.9 Å². The lowest BCUT2D eigenvalue weighted by atomic mass is 10.0. The first-order valence-electron chi connectivity index (χ1n) is 27.4. The van der Waals surface area contributed by atoms with Crippen molar-refractivity contribution in [1.29, 1.82) is 0 Å². The lowest BCUT2D eigenvalue weighted by Gasteiger charge is -2.18. The molecular formula is C59H102O6. The van der Waals surface area contributed by atoms with Crippen molar-refractivity contribution in [3.8, 4) is 0 Å². The van der Waals surface area contributed by atoms with Crippen molar-refractivity contribution in [2.75, 3.05) is 13.2 Å². The number of rotatable bonds is 49. The average molecular weight is 907 g/mol. The van der Waals surface area contributed by atoms with Crippen molar-refractivity contribution in [1.82, 2.24) is 0 Å². The van der Waals surface area contributed by atoms with Gasteiger partial charge in [-0.15, -0.1) is 0 Å². The zero-order valence-corrected chi connectivity index (χ0v) is 42.7. The number of allylic oxidation sites excluding steroid dienone is 12. The molecule has 0 aromatic heterocycles. The maximum Gasteiger partial charge on any atom is 0.306 e. The van der Waals surface area contributed by atoms with Gasteiger partial charge in [-0.25, -0.2) is 0 Å². The van der Waals surface area contributed by atoms with Crippen LogP contribution in [0.5, 0.6) is 0 Å². The molecule has 6 heteroatoms. The van der Waals surface area contributed by atoms with Crippen LogP contribution in [0.1, 0.15) is 265 Å². The standard InChI is InChI=1S/C59H102O6/c1-4-7-10-13-15-16-17-18-19-20-21-22-23-24-25-26-27-28-29-30-31-32-33-34-35-36-37-38-39-40-41-42-44-46-49-52-58(61)64-55-56(54-63-57(60)51-48-45-12-9-6-3)65-59(62)53-50-47-43-14-11-8-5-2/h7,10,15-16,18-19,21-22,24-25,27-28,56H,4-6,8-9,11-14,17,20,23,26,29-55H2,1-3H3/b10-7-,16-15-,19-18-,22-21-,25-24-,28-27-. The molecule has 0 N–H and O–H groups in total. The van der Waals surface area contributed by atoms with Gasteiger partial charge in [0.05, 0.1) is 0 Å². The summed E-state index contributed by atoms with van der Waals surface area (Å²) in [5.74, 6) is -0.889. The maximum atomic E-state index is 12.6. The predicted octanol–water partition coefficient (Wildman–Crippen LogP) is 18.2. The Kier molecular flexibility index (Phi) is 50.9. The van der Waals surface area contributed by atoms with Crippen molar-refractivity contribution >= 4 is 17.9 Å². The molecule has 6 nitrogen and oxygen atoms in total. The molecule has 65 heavy (non-hydrogen) atoms. The molecule has 0 radical (unpaired) electrons. The van der Waals surface area contributed by atoms with Crippen molar-refractivity contribution in [2.45, 2.75) is 271 Å². The van der Waals surface area contributed by atoms with Gasteiger partial charge in [0, 0.05) is 19.3 Å². The predicted molar refractivity (Wildman–Crippen MR) is 279 cm³/mol. The van der Waals surface area contributed by atoms with E-state index in [1.807, 2.05) is 0 Å². The van der Waals surface area contributed by atoms with Gasteiger partial charge in [-0.2, -0.15) is 0 Å². The summed E-state index contributed by atoms with van der Waals surface area (Å²) in [7, 11) is 0. The molecule has 0 amide bonds. The second kappa shape index (κ2) is 53.5. The van der Waals surface area contributed by atoms with E-state index in [4.69, 9.17) is 14.2 Å². The van der Waals surface area contributed by atoms with Crippen LogP contribution in [0.25, 0.3) is 0 Å². The molecule has 0 rings (SSSR count). The molecule has 0 aliphatic heterocycles. The molecular weight excluding hydrogens is 805 g/mol. The normalized spacial score (nSPS) is 12.6. The van der Waals surface area contributed by atoms with E-state index >= 15 is 0 Å². The molecule has 0 saturated heterocycles. The van der Waals surface area contributed by atoms with E-state index in [-0.39, 0.29) is 31.1 Å². The van der Waals surface area contributed by atoms with Gasteiger partial charge in [0.25, 0.3) is 0 Å². The number of ether oxygens (including phenoxy) is 3. The fraction of sp³-hybridized carbons (Fsp3) is 0.746. The molecule has 0 aromatic carbocycles. The van der Waals surface area contributed by atoms with Crippen LogP contribution >= 0.6 is 0 Å². The molecule has 374 valence electrons. The van der Waals surface area contributed by atoms with Gasteiger partial charge in [-0.1, -0.05) is 248 Å². The van der Waals surface area contributed by atoms with Crippen LogP contribution < -0.4 is 0 Å². The summed E-state index contributed by atoms with van der Waals surface area (Å²) < 4.78 is 16.6. The fourth-order valence-electron chi connectivity index (χ4n) is 7.62.